The molecule has 5 rings (SSSR count). The number of hydrogen-bond donors (Lipinski definition) is 0. The Labute approximate surface area is 205 Å². The lowest BCUT2D eigenvalue weighted by molar-refractivity contribution is -0.137. The van der Waals surface area contributed by atoms with Gasteiger partial charge in [0.15, 0.2) is 0 Å². The number of halogens is 3. The SMILES string of the molecule is COc1cccc(N2CCN(C3=Nc4ccsc4CN3c3cc(C(F)(F)F)ccc3OC)CC2)c1. The zero-order chi connectivity index (χ0) is 24.6. The molecule has 0 aliphatic carbocycles. The van der Waals surface area contributed by atoms with E-state index in [1.807, 2.05) is 40.6 Å². The molecule has 0 unspecified atom stereocenters. The van der Waals surface area contributed by atoms with Crippen LogP contribution in [0.2, 0.25) is 0 Å². The van der Waals surface area contributed by atoms with E-state index in [2.05, 4.69) is 9.80 Å². The fraction of sp³-hybridized carbons (Fsp3) is 0.320. The number of anilines is 2. The van der Waals surface area contributed by atoms with E-state index in [4.69, 9.17) is 14.5 Å². The number of aliphatic imine (C=N–C) groups is 1. The number of methoxy groups -OCH3 is 2. The van der Waals surface area contributed by atoms with Gasteiger partial charge < -0.3 is 24.2 Å². The van der Waals surface area contributed by atoms with Crippen LogP contribution in [0.5, 0.6) is 11.5 Å². The van der Waals surface area contributed by atoms with E-state index >= 15 is 0 Å². The van der Waals surface area contributed by atoms with Gasteiger partial charge in [0.25, 0.3) is 0 Å². The van der Waals surface area contributed by atoms with E-state index in [1.165, 1.54) is 13.2 Å². The number of benzene rings is 2. The van der Waals surface area contributed by atoms with Crippen molar-refractivity contribution in [2.75, 3.05) is 50.2 Å². The van der Waals surface area contributed by atoms with Crippen molar-refractivity contribution in [2.45, 2.75) is 12.7 Å². The van der Waals surface area contributed by atoms with Crippen LogP contribution in [0.15, 0.2) is 58.9 Å². The first-order valence-electron chi connectivity index (χ1n) is 11.2. The molecular formula is C25H25F3N4O2S. The zero-order valence-electron chi connectivity index (χ0n) is 19.4. The van der Waals surface area contributed by atoms with Crippen molar-refractivity contribution in [3.63, 3.8) is 0 Å². The van der Waals surface area contributed by atoms with Crippen molar-refractivity contribution in [2.24, 2.45) is 4.99 Å². The lowest BCUT2D eigenvalue weighted by Gasteiger charge is -2.42. The van der Waals surface area contributed by atoms with Gasteiger partial charge in [-0.1, -0.05) is 6.07 Å². The first-order chi connectivity index (χ1) is 16.9. The van der Waals surface area contributed by atoms with Gasteiger partial charge in [0.1, 0.15) is 11.5 Å². The van der Waals surface area contributed by atoms with Crippen LogP contribution in [0.25, 0.3) is 0 Å². The Morgan fingerprint density at radius 2 is 1.69 bits per heavy atom. The van der Waals surface area contributed by atoms with E-state index < -0.39 is 11.7 Å². The molecule has 0 saturated carbocycles. The standard InChI is InChI=1S/C25H25F3N4O2S/c1-33-19-5-3-4-18(15-19)30-9-11-31(12-10-30)24-29-20-8-13-35-23(20)16-32(24)21-14-17(25(26,27)28)6-7-22(21)34-2/h3-8,13-15H,9-12,16H2,1-2H3. The maximum Gasteiger partial charge on any atom is 0.416 e. The maximum atomic E-state index is 13.6. The van der Waals surface area contributed by atoms with Crippen molar-refractivity contribution in [1.29, 1.82) is 0 Å². The fourth-order valence-electron chi connectivity index (χ4n) is 4.42. The number of hydrogen-bond acceptors (Lipinski definition) is 7. The quantitative estimate of drug-likeness (QED) is 0.464. The van der Waals surface area contributed by atoms with Gasteiger partial charge in [-0.05, 0) is 41.8 Å². The number of guanidine groups is 1. The molecule has 3 aromatic rings. The highest BCUT2D eigenvalue weighted by atomic mass is 32.1. The normalized spacial score (nSPS) is 16.1. The molecule has 3 heterocycles. The van der Waals surface area contributed by atoms with Gasteiger partial charge in [0.2, 0.25) is 5.96 Å². The molecule has 35 heavy (non-hydrogen) atoms. The molecule has 0 N–H and O–H groups in total. The number of fused-ring (bicyclic) bond motifs is 1. The van der Waals surface area contributed by atoms with Crippen LogP contribution < -0.4 is 19.3 Å². The molecular weight excluding hydrogens is 477 g/mol. The van der Waals surface area contributed by atoms with E-state index in [0.717, 1.165) is 47.2 Å². The van der Waals surface area contributed by atoms with Crippen LogP contribution in [0.3, 0.4) is 0 Å². The highest BCUT2D eigenvalue weighted by molar-refractivity contribution is 7.10. The fourth-order valence-corrected chi connectivity index (χ4v) is 5.22. The Morgan fingerprint density at radius 1 is 0.914 bits per heavy atom. The molecule has 184 valence electrons. The molecule has 2 aliphatic rings. The second-order valence-electron chi connectivity index (χ2n) is 8.29. The third-order valence-electron chi connectivity index (χ3n) is 6.26. The van der Waals surface area contributed by atoms with E-state index in [9.17, 15) is 13.2 Å². The van der Waals surface area contributed by atoms with Crippen LogP contribution in [0, 0.1) is 0 Å². The van der Waals surface area contributed by atoms with Crippen LogP contribution in [-0.4, -0.2) is 51.3 Å². The number of alkyl halides is 3. The second kappa shape index (κ2) is 9.33. The summed E-state index contributed by atoms with van der Waals surface area (Å²) in [4.78, 5) is 12.1. The van der Waals surface area contributed by atoms with Crippen LogP contribution in [0.1, 0.15) is 10.4 Å². The Bertz CT molecular complexity index is 1240. The molecule has 0 spiro atoms. The molecule has 0 bridgehead atoms. The minimum Gasteiger partial charge on any atom is -0.497 e. The summed E-state index contributed by atoms with van der Waals surface area (Å²) in [6.45, 7) is 3.27. The average molecular weight is 503 g/mol. The number of ether oxygens (including phenoxy) is 2. The summed E-state index contributed by atoms with van der Waals surface area (Å²) in [6.07, 6.45) is -4.45. The van der Waals surface area contributed by atoms with E-state index in [0.29, 0.717) is 37.0 Å². The lowest BCUT2D eigenvalue weighted by atomic mass is 10.1. The Kier molecular flexibility index (Phi) is 6.22. The third-order valence-corrected chi connectivity index (χ3v) is 7.16. The first kappa shape index (κ1) is 23.3. The molecule has 1 aromatic heterocycles. The third kappa shape index (κ3) is 4.62. The van der Waals surface area contributed by atoms with E-state index in [-0.39, 0.29) is 0 Å². The van der Waals surface area contributed by atoms with Gasteiger partial charge in [0, 0.05) is 37.9 Å². The Hall–Kier alpha value is -3.40. The smallest absolute Gasteiger partial charge is 0.416 e. The van der Waals surface area contributed by atoms with E-state index in [1.54, 1.807) is 18.4 Å². The highest BCUT2D eigenvalue weighted by Gasteiger charge is 2.35. The molecule has 2 aliphatic heterocycles. The Balaban J connectivity index is 1.45. The van der Waals surface area contributed by atoms with Crippen molar-refractivity contribution >= 4 is 34.4 Å². The van der Waals surface area contributed by atoms with Gasteiger partial charge in [-0.3, -0.25) is 0 Å². The number of thiophene rings is 1. The lowest BCUT2D eigenvalue weighted by Crippen LogP contribution is -2.54. The molecule has 1 fully saturated rings. The van der Waals surface area contributed by atoms with Gasteiger partial charge in [0.05, 0.1) is 42.6 Å². The summed E-state index contributed by atoms with van der Waals surface area (Å²) in [5.74, 6) is 1.81. The number of nitrogens with zero attached hydrogens (tertiary/aromatic N) is 4. The van der Waals surface area contributed by atoms with Gasteiger partial charge >= 0.3 is 6.18 Å². The molecule has 0 amide bonds. The monoisotopic (exact) mass is 502 g/mol. The first-order valence-corrected chi connectivity index (χ1v) is 12.1. The molecule has 2 aromatic carbocycles. The molecule has 0 atom stereocenters. The molecule has 6 nitrogen and oxygen atoms in total. The van der Waals surface area contributed by atoms with Crippen molar-refractivity contribution < 1.29 is 22.6 Å². The predicted molar refractivity (Wildman–Crippen MR) is 132 cm³/mol. The Morgan fingerprint density at radius 3 is 2.40 bits per heavy atom. The summed E-state index contributed by atoms with van der Waals surface area (Å²) in [7, 11) is 3.12. The summed E-state index contributed by atoms with van der Waals surface area (Å²) in [6, 6.07) is 13.5. The summed E-state index contributed by atoms with van der Waals surface area (Å²) < 4.78 is 51.5. The summed E-state index contributed by atoms with van der Waals surface area (Å²) in [5, 5.41) is 1.96. The van der Waals surface area contributed by atoms with Crippen molar-refractivity contribution in [3.05, 3.63) is 64.4 Å². The summed E-state index contributed by atoms with van der Waals surface area (Å²) in [5.41, 5.74) is 1.58. The van der Waals surface area contributed by atoms with Gasteiger partial charge in [-0.25, -0.2) is 4.99 Å². The predicted octanol–water partition coefficient (Wildman–Crippen LogP) is 5.61. The summed E-state index contributed by atoms with van der Waals surface area (Å²) >= 11 is 1.55. The molecule has 1 saturated heterocycles. The minimum absolute atomic E-state index is 0.357. The number of piperazine rings is 1. The van der Waals surface area contributed by atoms with Crippen LogP contribution in [0.4, 0.5) is 30.2 Å². The van der Waals surface area contributed by atoms with Crippen molar-refractivity contribution in [3.8, 4) is 11.5 Å². The molecule has 10 heteroatoms. The van der Waals surface area contributed by atoms with Gasteiger partial charge in [-0.15, -0.1) is 11.3 Å². The molecule has 0 radical (unpaired) electrons. The van der Waals surface area contributed by atoms with Crippen molar-refractivity contribution in [1.82, 2.24) is 4.90 Å². The average Bonchev–Trinajstić information content (AvgIpc) is 3.35. The maximum absolute atomic E-state index is 13.6. The van der Waals surface area contributed by atoms with Crippen LogP contribution >= 0.6 is 11.3 Å². The second-order valence-corrected chi connectivity index (χ2v) is 9.29. The largest absolute Gasteiger partial charge is 0.497 e. The minimum atomic E-state index is -4.45. The number of rotatable bonds is 4. The van der Waals surface area contributed by atoms with Crippen LogP contribution in [-0.2, 0) is 12.7 Å². The zero-order valence-corrected chi connectivity index (χ0v) is 20.2. The van der Waals surface area contributed by atoms with Gasteiger partial charge in [-0.2, -0.15) is 13.2 Å². The highest BCUT2D eigenvalue weighted by Crippen LogP contribution is 2.41. The topological polar surface area (TPSA) is 40.5 Å².